The molecule has 1 fully saturated rings. The minimum absolute atomic E-state index is 0.0729. The van der Waals surface area contributed by atoms with Crippen LogP contribution in [0.1, 0.15) is 36.0 Å². The highest BCUT2D eigenvalue weighted by Crippen LogP contribution is 2.36. The van der Waals surface area contributed by atoms with Gasteiger partial charge in [-0.25, -0.2) is 13.1 Å². The molecular weight excluding hydrogens is 443 g/mol. The number of hydrogen-bond acceptors (Lipinski definition) is 4. The summed E-state index contributed by atoms with van der Waals surface area (Å²) in [6, 6.07) is 8.01. The second-order valence-electron chi connectivity index (χ2n) is 7.87. The number of nitrogens with zero attached hydrogens (tertiary/aromatic N) is 1. The van der Waals surface area contributed by atoms with Gasteiger partial charge in [-0.15, -0.1) is 0 Å². The van der Waals surface area contributed by atoms with E-state index in [1.54, 1.807) is 19.1 Å². The van der Waals surface area contributed by atoms with Crippen LogP contribution in [0.3, 0.4) is 0 Å². The fraction of sp³-hybridized carbons (Fsp3) is 0.409. The fourth-order valence-corrected chi connectivity index (χ4v) is 4.64. The molecule has 174 valence electrons. The third-order valence-corrected chi connectivity index (χ3v) is 6.94. The van der Waals surface area contributed by atoms with Gasteiger partial charge in [0.05, 0.1) is 21.8 Å². The standard InChI is InChI=1S/C22H26F3N3O3S/c1-15-5-7-18(13-16(15)2)32(30,31)26-10-9-21(29)27-19-14-17(22(23,24)25)6-8-20(19)28-11-3-4-12-28/h5-8,13-14,26H,3-4,9-12H2,1-2H3,(H,27,29). The van der Waals surface area contributed by atoms with Crippen LogP contribution in [0.2, 0.25) is 0 Å². The summed E-state index contributed by atoms with van der Waals surface area (Å²) in [5.41, 5.74) is 1.53. The number of benzene rings is 2. The van der Waals surface area contributed by atoms with Crippen LogP contribution in [0.5, 0.6) is 0 Å². The first-order valence-corrected chi connectivity index (χ1v) is 11.8. The fourth-order valence-electron chi connectivity index (χ4n) is 3.52. The van der Waals surface area contributed by atoms with Crippen LogP contribution < -0.4 is 14.9 Å². The van der Waals surface area contributed by atoms with Gasteiger partial charge in [-0.05, 0) is 68.1 Å². The molecule has 2 N–H and O–H groups in total. The summed E-state index contributed by atoms with van der Waals surface area (Å²) < 4.78 is 66.7. The minimum atomic E-state index is -4.54. The zero-order valence-corrected chi connectivity index (χ0v) is 18.7. The van der Waals surface area contributed by atoms with Crippen molar-refractivity contribution >= 4 is 27.3 Å². The predicted octanol–water partition coefficient (Wildman–Crippen LogP) is 4.23. The number of carbonyl (C=O) groups excluding carboxylic acids is 1. The van der Waals surface area contributed by atoms with Gasteiger partial charge >= 0.3 is 6.18 Å². The Morgan fingerprint density at radius 3 is 2.34 bits per heavy atom. The molecule has 1 amide bonds. The summed E-state index contributed by atoms with van der Waals surface area (Å²) in [6.45, 7) is 4.88. The lowest BCUT2D eigenvalue weighted by molar-refractivity contribution is -0.137. The van der Waals surface area contributed by atoms with E-state index < -0.39 is 27.7 Å². The lowest BCUT2D eigenvalue weighted by atomic mass is 10.1. The van der Waals surface area contributed by atoms with Gasteiger partial charge < -0.3 is 10.2 Å². The van der Waals surface area contributed by atoms with Crippen LogP contribution in [0.4, 0.5) is 24.5 Å². The van der Waals surface area contributed by atoms with Crippen molar-refractivity contribution in [2.24, 2.45) is 0 Å². The molecule has 0 aliphatic carbocycles. The first kappa shape index (κ1) is 24.1. The normalized spacial score (nSPS) is 14.6. The quantitative estimate of drug-likeness (QED) is 0.636. The van der Waals surface area contributed by atoms with E-state index in [-0.39, 0.29) is 23.5 Å². The van der Waals surface area contributed by atoms with Gasteiger partial charge in [0.2, 0.25) is 15.9 Å². The number of anilines is 2. The lowest BCUT2D eigenvalue weighted by Gasteiger charge is -2.23. The maximum absolute atomic E-state index is 13.2. The van der Waals surface area contributed by atoms with E-state index in [1.165, 1.54) is 12.1 Å². The highest BCUT2D eigenvalue weighted by Gasteiger charge is 2.32. The Hall–Kier alpha value is -2.59. The van der Waals surface area contributed by atoms with Crippen LogP contribution in [0, 0.1) is 13.8 Å². The average Bonchev–Trinajstić information content (AvgIpc) is 3.23. The maximum Gasteiger partial charge on any atom is 0.416 e. The Morgan fingerprint density at radius 1 is 1.03 bits per heavy atom. The van der Waals surface area contributed by atoms with Crippen molar-refractivity contribution in [1.82, 2.24) is 4.72 Å². The number of sulfonamides is 1. The molecule has 2 aromatic rings. The number of aryl methyl sites for hydroxylation is 2. The summed E-state index contributed by atoms with van der Waals surface area (Å²) in [6.07, 6.45) is -2.91. The van der Waals surface area contributed by atoms with Crippen molar-refractivity contribution in [2.45, 2.75) is 44.2 Å². The van der Waals surface area contributed by atoms with Crippen LogP contribution >= 0.6 is 0 Å². The Balaban J connectivity index is 1.68. The molecule has 1 aliphatic heterocycles. The van der Waals surface area contributed by atoms with E-state index in [0.29, 0.717) is 18.8 Å². The van der Waals surface area contributed by atoms with Crippen LogP contribution in [-0.4, -0.2) is 34.0 Å². The molecule has 0 spiro atoms. The third kappa shape index (κ3) is 5.80. The van der Waals surface area contributed by atoms with Crippen molar-refractivity contribution in [1.29, 1.82) is 0 Å². The minimum Gasteiger partial charge on any atom is -0.370 e. The summed E-state index contributed by atoms with van der Waals surface area (Å²) >= 11 is 0. The van der Waals surface area contributed by atoms with Gasteiger partial charge in [-0.3, -0.25) is 4.79 Å². The molecule has 1 aliphatic rings. The first-order chi connectivity index (χ1) is 15.0. The molecule has 0 bridgehead atoms. The number of amides is 1. The molecule has 0 aromatic heterocycles. The second-order valence-corrected chi connectivity index (χ2v) is 9.63. The topological polar surface area (TPSA) is 78.5 Å². The Labute approximate surface area is 185 Å². The zero-order valence-electron chi connectivity index (χ0n) is 17.9. The van der Waals surface area contributed by atoms with Crippen LogP contribution in [-0.2, 0) is 21.0 Å². The van der Waals surface area contributed by atoms with Gasteiger partial charge in [-0.2, -0.15) is 13.2 Å². The number of halogens is 3. The zero-order chi connectivity index (χ0) is 23.5. The molecule has 6 nitrogen and oxygen atoms in total. The summed E-state index contributed by atoms with van der Waals surface area (Å²) in [5.74, 6) is -0.576. The molecule has 0 saturated carbocycles. The SMILES string of the molecule is Cc1ccc(S(=O)(=O)NCCC(=O)Nc2cc(C(F)(F)F)ccc2N2CCCC2)cc1C. The third-order valence-electron chi connectivity index (χ3n) is 5.48. The summed E-state index contributed by atoms with van der Waals surface area (Å²) in [4.78, 5) is 14.4. The van der Waals surface area contributed by atoms with Crippen molar-refractivity contribution < 1.29 is 26.4 Å². The van der Waals surface area contributed by atoms with Crippen molar-refractivity contribution in [3.05, 3.63) is 53.1 Å². The number of hydrogen-bond donors (Lipinski definition) is 2. The molecule has 0 radical (unpaired) electrons. The molecule has 1 saturated heterocycles. The van der Waals surface area contributed by atoms with Crippen molar-refractivity contribution in [3.63, 3.8) is 0 Å². The van der Waals surface area contributed by atoms with Crippen molar-refractivity contribution in [2.75, 3.05) is 29.9 Å². The van der Waals surface area contributed by atoms with Crippen LogP contribution in [0.15, 0.2) is 41.3 Å². The largest absolute Gasteiger partial charge is 0.416 e. The molecule has 2 aromatic carbocycles. The Kier molecular flexibility index (Phi) is 7.14. The summed E-state index contributed by atoms with van der Waals surface area (Å²) in [7, 11) is -3.80. The molecule has 0 unspecified atom stereocenters. The molecule has 32 heavy (non-hydrogen) atoms. The van der Waals surface area contributed by atoms with Crippen molar-refractivity contribution in [3.8, 4) is 0 Å². The van der Waals surface area contributed by atoms with Gasteiger partial charge in [0.25, 0.3) is 0 Å². The first-order valence-electron chi connectivity index (χ1n) is 10.3. The Morgan fingerprint density at radius 2 is 1.72 bits per heavy atom. The highest BCUT2D eigenvalue weighted by atomic mass is 32.2. The number of carbonyl (C=O) groups is 1. The number of nitrogens with one attached hydrogen (secondary N) is 2. The van der Waals surface area contributed by atoms with E-state index in [0.717, 1.165) is 36.1 Å². The molecule has 3 rings (SSSR count). The molecule has 1 heterocycles. The van der Waals surface area contributed by atoms with E-state index >= 15 is 0 Å². The second kappa shape index (κ2) is 9.50. The van der Waals surface area contributed by atoms with E-state index in [4.69, 9.17) is 0 Å². The van der Waals surface area contributed by atoms with E-state index in [2.05, 4.69) is 10.0 Å². The maximum atomic E-state index is 13.2. The number of rotatable bonds is 7. The molecular formula is C22H26F3N3O3S. The average molecular weight is 470 g/mol. The Bertz CT molecular complexity index is 1100. The molecule has 10 heteroatoms. The van der Waals surface area contributed by atoms with E-state index in [9.17, 15) is 26.4 Å². The monoisotopic (exact) mass is 469 g/mol. The van der Waals surface area contributed by atoms with Crippen LogP contribution in [0.25, 0.3) is 0 Å². The van der Waals surface area contributed by atoms with E-state index in [1.807, 2.05) is 11.8 Å². The smallest absolute Gasteiger partial charge is 0.370 e. The molecule has 0 atom stereocenters. The predicted molar refractivity (Wildman–Crippen MR) is 117 cm³/mol. The highest BCUT2D eigenvalue weighted by molar-refractivity contribution is 7.89. The van der Waals surface area contributed by atoms with Gasteiger partial charge in [0.15, 0.2) is 0 Å². The van der Waals surface area contributed by atoms with Gasteiger partial charge in [0, 0.05) is 26.1 Å². The number of alkyl halides is 3. The summed E-state index contributed by atoms with van der Waals surface area (Å²) in [5, 5.41) is 2.53. The van der Waals surface area contributed by atoms with Gasteiger partial charge in [0.1, 0.15) is 0 Å². The van der Waals surface area contributed by atoms with Gasteiger partial charge in [-0.1, -0.05) is 6.07 Å². The lowest BCUT2D eigenvalue weighted by Crippen LogP contribution is -2.28.